The van der Waals surface area contributed by atoms with Crippen LogP contribution in [0.2, 0.25) is 0 Å². The third kappa shape index (κ3) is 4.51. The standard InChI is InChI=1S/C17H17N3O3/c18-9-5-1-2-8-15(17(22)23)20-16(21)13-10-12-6-3-4-7-14(12)19-11-13/h3-4,6-7,10-11,15H,1-2,5,8H2,(H,20,21)(H,22,23)/t15-/m0/s1. The van der Waals surface area contributed by atoms with Gasteiger partial charge in [0.1, 0.15) is 6.04 Å². The molecule has 0 saturated heterocycles. The zero-order valence-corrected chi connectivity index (χ0v) is 12.5. The van der Waals surface area contributed by atoms with Gasteiger partial charge >= 0.3 is 5.97 Å². The number of fused-ring (bicyclic) bond motifs is 1. The van der Waals surface area contributed by atoms with Crippen molar-refractivity contribution < 1.29 is 14.7 Å². The second kappa shape index (κ2) is 7.90. The fourth-order valence-corrected chi connectivity index (χ4v) is 2.25. The number of amides is 1. The molecule has 1 heterocycles. The lowest BCUT2D eigenvalue weighted by atomic mass is 10.1. The smallest absolute Gasteiger partial charge is 0.326 e. The Morgan fingerprint density at radius 1 is 1.30 bits per heavy atom. The molecule has 6 heteroatoms. The highest BCUT2D eigenvalue weighted by molar-refractivity contribution is 5.99. The van der Waals surface area contributed by atoms with E-state index < -0.39 is 17.9 Å². The molecule has 6 nitrogen and oxygen atoms in total. The number of rotatable bonds is 7. The van der Waals surface area contributed by atoms with Crippen LogP contribution in [0.3, 0.4) is 0 Å². The van der Waals surface area contributed by atoms with Gasteiger partial charge < -0.3 is 10.4 Å². The molecular formula is C17H17N3O3. The number of nitriles is 1. The molecule has 23 heavy (non-hydrogen) atoms. The maximum Gasteiger partial charge on any atom is 0.326 e. The van der Waals surface area contributed by atoms with E-state index in [-0.39, 0.29) is 0 Å². The number of nitrogens with one attached hydrogen (secondary N) is 1. The maximum absolute atomic E-state index is 12.2. The van der Waals surface area contributed by atoms with Gasteiger partial charge in [-0.05, 0) is 31.4 Å². The Kier molecular flexibility index (Phi) is 5.64. The summed E-state index contributed by atoms with van der Waals surface area (Å²) in [4.78, 5) is 27.7. The summed E-state index contributed by atoms with van der Waals surface area (Å²) in [5, 5.41) is 21.0. The molecule has 0 fully saturated rings. The van der Waals surface area contributed by atoms with Crippen LogP contribution >= 0.6 is 0 Å². The Hall–Kier alpha value is -2.94. The van der Waals surface area contributed by atoms with Gasteiger partial charge in [-0.1, -0.05) is 18.2 Å². The molecule has 2 aromatic rings. The molecule has 0 aliphatic heterocycles. The molecule has 1 aromatic carbocycles. The predicted octanol–water partition coefficient (Wildman–Crippen LogP) is 2.50. The van der Waals surface area contributed by atoms with E-state index >= 15 is 0 Å². The summed E-state index contributed by atoms with van der Waals surface area (Å²) in [7, 11) is 0. The predicted molar refractivity (Wildman–Crippen MR) is 84.7 cm³/mol. The second-order valence-corrected chi connectivity index (χ2v) is 5.18. The van der Waals surface area contributed by atoms with Crippen LogP contribution < -0.4 is 5.32 Å². The van der Waals surface area contributed by atoms with Gasteiger partial charge in [0.05, 0.1) is 17.1 Å². The summed E-state index contributed by atoms with van der Waals surface area (Å²) in [5.41, 5.74) is 1.10. The fourth-order valence-electron chi connectivity index (χ4n) is 2.25. The number of carboxylic acid groups (broad SMARTS) is 1. The van der Waals surface area contributed by atoms with Crippen LogP contribution in [0.4, 0.5) is 0 Å². The summed E-state index contributed by atoms with van der Waals surface area (Å²) in [6, 6.07) is 10.1. The lowest BCUT2D eigenvalue weighted by Gasteiger charge is -2.14. The number of carboxylic acids is 1. The second-order valence-electron chi connectivity index (χ2n) is 5.18. The van der Waals surface area contributed by atoms with E-state index in [1.54, 1.807) is 6.07 Å². The molecule has 118 valence electrons. The number of aromatic nitrogens is 1. The van der Waals surface area contributed by atoms with Crippen molar-refractivity contribution in [3.05, 3.63) is 42.1 Å². The Morgan fingerprint density at radius 3 is 2.83 bits per heavy atom. The highest BCUT2D eigenvalue weighted by Gasteiger charge is 2.20. The Balaban J connectivity index is 2.04. The van der Waals surface area contributed by atoms with Crippen LogP contribution in [0.25, 0.3) is 10.9 Å². The van der Waals surface area contributed by atoms with Crippen molar-refractivity contribution >= 4 is 22.8 Å². The number of carbonyl (C=O) groups is 2. The lowest BCUT2D eigenvalue weighted by Crippen LogP contribution is -2.40. The molecule has 0 aliphatic rings. The molecule has 1 aromatic heterocycles. The molecule has 1 amide bonds. The topological polar surface area (TPSA) is 103 Å². The first-order chi connectivity index (χ1) is 11.1. The van der Waals surface area contributed by atoms with Gasteiger partial charge in [-0.15, -0.1) is 0 Å². The first-order valence-electron chi connectivity index (χ1n) is 7.37. The van der Waals surface area contributed by atoms with E-state index in [0.29, 0.717) is 31.2 Å². The average Bonchev–Trinajstić information content (AvgIpc) is 2.56. The summed E-state index contributed by atoms with van der Waals surface area (Å²) in [6.45, 7) is 0. The monoisotopic (exact) mass is 311 g/mol. The van der Waals surface area contributed by atoms with Crippen molar-refractivity contribution in [3.8, 4) is 6.07 Å². The van der Waals surface area contributed by atoms with E-state index in [4.69, 9.17) is 5.26 Å². The third-order valence-corrected chi connectivity index (χ3v) is 3.49. The number of pyridine rings is 1. The van der Waals surface area contributed by atoms with Gasteiger partial charge in [-0.25, -0.2) is 4.79 Å². The molecule has 0 aliphatic carbocycles. The van der Waals surface area contributed by atoms with Gasteiger partial charge in [0.2, 0.25) is 0 Å². The minimum absolute atomic E-state index is 0.295. The van der Waals surface area contributed by atoms with Crippen LogP contribution in [0, 0.1) is 11.3 Å². The quantitative estimate of drug-likeness (QED) is 0.765. The normalized spacial score (nSPS) is 11.6. The maximum atomic E-state index is 12.2. The molecule has 0 radical (unpaired) electrons. The number of para-hydroxylation sites is 1. The molecule has 0 spiro atoms. The molecule has 0 saturated carbocycles. The summed E-state index contributed by atoms with van der Waals surface area (Å²) in [6.07, 6.45) is 3.30. The van der Waals surface area contributed by atoms with Crippen molar-refractivity contribution in [2.24, 2.45) is 0 Å². The summed E-state index contributed by atoms with van der Waals surface area (Å²) >= 11 is 0. The number of aliphatic carboxylic acids is 1. The van der Waals surface area contributed by atoms with Crippen molar-refractivity contribution in [1.29, 1.82) is 5.26 Å². The van der Waals surface area contributed by atoms with Gasteiger partial charge in [0, 0.05) is 18.0 Å². The number of benzene rings is 1. The highest BCUT2D eigenvalue weighted by Crippen LogP contribution is 2.13. The molecule has 0 bridgehead atoms. The first-order valence-corrected chi connectivity index (χ1v) is 7.37. The number of nitrogens with zero attached hydrogens (tertiary/aromatic N) is 2. The molecule has 2 N–H and O–H groups in total. The highest BCUT2D eigenvalue weighted by atomic mass is 16.4. The zero-order valence-electron chi connectivity index (χ0n) is 12.5. The van der Waals surface area contributed by atoms with Crippen LogP contribution in [0.1, 0.15) is 36.0 Å². The average molecular weight is 311 g/mol. The number of hydrogen-bond donors (Lipinski definition) is 2. The van der Waals surface area contributed by atoms with Crippen molar-refractivity contribution in [2.45, 2.75) is 31.7 Å². The van der Waals surface area contributed by atoms with Crippen molar-refractivity contribution in [3.63, 3.8) is 0 Å². The SMILES string of the molecule is N#CCCCC[C@H](NC(=O)c1cnc2ccccc2c1)C(=O)O. The van der Waals surface area contributed by atoms with Gasteiger partial charge in [0.25, 0.3) is 5.91 Å². The fraction of sp³-hybridized carbons (Fsp3) is 0.294. The van der Waals surface area contributed by atoms with Crippen molar-refractivity contribution in [1.82, 2.24) is 10.3 Å². The Bertz CT molecular complexity index is 752. The number of hydrogen-bond acceptors (Lipinski definition) is 4. The van der Waals surface area contributed by atoms with E-state index in [9.17, 15) is 14.7 Å². The van der Waals surface area contributed by atoms with E-state index in [2.05, 4.69) is 10.3 Å². The minimum Gasteiger partial charge on any atom is -0.480 e. The Morgan fingerprint density at radius 2 is 2.09 bits per heavy atom. The van der Waals surface area contributed by atoms with Crippen molar-refractivity contribution in [2.75, 3.05) is 0 Å². The largest absolute Gasteiger partial charge is 0.480 e. The Labute approximate surface area is 133 Å². The van der Waals surface area contributed by atoms with Gasteiger partial charge in [0.15, 0.2) is 0 Å². The molecule has 1 atom stereocenters. The third-order valence-electron chi connectivity index (χ3n) is 3.49. The van der Waals surface area contributed by atoms with Gasteiger partial charge in [-0.2, -0.15) is 5.26 Å². The van der Waals surface area contributed by atoms with E-state index in [1.807, 2.05) is 30.3 Å². The summed E-state index contributed by atoms with van der Waals surface area (Å²) in [5.74, 6) is -1.54. The minimum atomic E-state index is -1.08. The van der Waals surface area contributed by atoms with E-state index in [0.717, 1.165) is 10.9 Å². The van der Waals surface area contributed by atoms with Crippen LogP contribution in [-0.4, -0.2) is 28.0 Å². The van der Waals surface area contributed by atoms with Crippen LogP contribution in [0.15, 0.2) is 36.5 Å². The zero-order chi connectivity index (χ0) is 16.7. The molecule has 2 rings (SSSR count). The molecule has 0 unspecified atom stereocenters. The first kappa shape index (κ1) is 16.4. The lowest BCUT2D eigenvalue weighted by molar-refractivity contribution is -0.139. The van der Waals surface area contributed by atoms with Crippen LogP contribution in [0.5, 0.6) is 0 Å². The number of carbonyl (C=O) groups excluding carboxylic acids is 1. The van der Waals surface area contributed by atoms with E-state index in [1.165, 1.54) is 6.20 Å². The van der Waals surface area contributed by atoms with Gasteiger partial charge in [-0.3, -0.25) is 9.78 Å². The van der Waals surface area contributed by atoms with Crippen LogP contribution in [-0.2, 0) is 4.79 Å². The number of unbranched alkanes of at least 4 members (excludes halogenated alkanes) is 2. The molecular weight excluding hydrogens is 294 g/mol. The summed E-state index contributed by atoms with van der Waals surface area (Å²) < 4.78 is 0.